The molecular formula is C12H14BrN3O. The van der Waals surface area contributed by atoms with Gasteiger partial charge in [0.15, 0.2) is 0 Å². The molecule has 0 saturated carbocycles. The summed E-state index contributed by atoms with van der Waals surface area (Å²) < 4.78 is 2.45. The van der Waals surface area contributed by atoms with E-state index < -0.39 is 0 Å². The zero-order chi connectivity index (χ0) is 12.4. The maximum atomic E-state index is 12.2. The summed E-state index contributed by atoms with van der Waals surface area (Å²) >= 11 is 3.44. The molecule has 5 heteroatoms. The first-order chi connectivity index (χ1) is 8.15. The topological polar surface area (TPSA) is 49.8 Å². The van der Waals surface area contributed by atoms with Crippen molar-refractivity contribution in [3.63, 3.8) is 0 Å². The number of hydrogen-bond acceptors (Lipinski definition) is 2. The first kappa shape index (κ1) is 12.1. The van der Waals surface area contributed by atoms with Crippen molar-refractivity contribution in [3.8, 4) is 5.69 Å². The number of aromatic nitrogens is 2. The lowest BCUT2D eigenvalue weighted by Gasteiger charge is -2.03. The Morgan fingerprint density at radius 3 is 2.76 bits per heavy atom. The van der Waals surface area contributed by atoms with Crippen LogP contribution in [0.25, 0.3) is 5.69 Å². The largest absolute Gasteiger partial charge is 0.315 e. The summed E-state index contributed by atoms with van der Waals surface area (Å²) in [5.74, 6) is 0. The van der Waals surface area contributed by atoms with E-state index in [0.717, 1.165) is 21.4 Å². The summed E-state index contributed by atoms with van der Waals surface area (Å²) in [6, 6.07) is 7.63. The Kier molecular flexibility index (Phi) is 3.49. The van der Waals surface area contributed by atoms with Crippen molar-refractivity contribution in [1.29, 1.82) is 0 Å². The molecule has 17 heavy (non-hydrogen) atoms. The third-order valence-corrected chi connectivity index (χ3v) is 3.31. The zero-order valence-corrected chi connectivity index (χ0v) is 11.3. The van der Waals surface area contributed by atoms with E-state index >= 15 is 0 Å². The first-order valence-corrected chi connectivity index (χ1v) is 6.14. The van der Waals surface area contributed by atoms with Gasteiger partial charge in [-0.2, -0.15) is 0 Å². The molecule has 2 rings (SSSR count). The lowest BCUT2D eigenvalue weighted by Crippen LogP contribution is -2.20. The quantitative estimate of drug-likeness (QED) is 0.909. The van der Waals surface area contributed by atoms with Gasteiger partial charge in [0.25, 0.3) is 5.56 Å². The van der Waals surface area contributed by atoms with Crippen molar-refractivity contribution in [1.82, 2.24) is 15.1 Å². The molecule has 1 heterocycles. The number of aromatic amines is 1. The number of nitrogens with zero attached hydrogens (tertiary/aromatic N) is 1. The molecular weight excluding hydrogens is 282 g/mol. The number of aryl methyl sites for hydroxylation is 1. The lowest BCUT2D eigenvalue weighted by atomic mass is 10.2. The molecule has 0 aliphatic rings. The second-order valence-corrected chi connectivity index (χ2v) is 4.69. The van der Waals surface area contributed by atoms with Crippen LogP contribution in [0, 0.1) is 6.92 Å². The maximum Gasteiger partial charge on any atom is 0.276 e. The number of benzene rings is 1. The minimum atomic E-state index is -0.0104. The van der Waals surface area contributed by atoms with Gasteiger partial charge in [-0.15, -0.1) is 0 Å². The maximum absolute atomic E-state index is 12.2. The van der Waals surface area contributed by atoms with Gasteiger partial charge in [-0.1, -0.05) is 12.1 Å². The molecule has 0 fully saturated rings. The van der Waals surface area contributed by atoms with Gasteiger partial charge in [0.2, 0.25) is 0 Å². The van der Waals surface area contributed by atoms with E-state index in [9.17, 15) is 4.79 Å². The molecule has 1 aromatic carbocycles. The van der Waals surface area contributed by atoms with Crippen molar-refractivity contribution in [2.45, 2.75) is 13.5 Å². The van der Waals surface area contributed by atoms with Crippen LogP contribution in [-0.4, -0.2) is 16.8 Å². The van der Waals surface area contributed by atoms with Crippen LogP contribution >= 0.6 is 15.9 Å². The lowest BCUT2D eigenvalue weighted by molar-refractivity contribution is 0.801. The fourth-order valence-corrected chi connectivity index (χ4v) is 2.23. The number of halogens is 1. The van der Waals surface area contributed by atoms with Crippen LogP contribution in [0.15, 0.2) is 33.5 Å². The van der Waals surface area contributed by atoms with Crippen LogP contribution < -0.4 is 10.9 Å². The van der Waals surface area contributed by atoms with Gasteiger partial charge in [-0.25, -0.2) is 4.68 Å². The van der Waals surface area contributed by atoms with E-state index in [4.69, 9.17) is 0 Å². The highest BCUT2D eigenvalue weighted by molar-refractivity contribution is 9.10. The SMILES string of the molecule is CNCc1c(C)[nH]n(-c2ccccc2Br)c1=O. The number of nitrogens with one attached hydrogen (secondary N) is 2. The number of rotatable bonds is 3. The Hall–Kier alpha value is -1.33. The summed E-state index contributed by atoms with van der Waals surface area (Å²) in [4.78, 5) is 12.2. The molecule has 90 valence electrons. The third-order valence-electron chi connectivity index (χ3n) is 2.64. The standard InChI is InChI=1S/C12H14BrN3O/c1-8-9(7-14-2)12(17)16(15-8)11-6-4-3-5-10(11)13/h3-6,14-15H,7H2,1-2H3. The molecule has 0 atom stereocenters. The summed E-state index contributed by atoms with van der Waals surface area (Å²) in [5.41, 5.74) is 2.47. The van der Waals surface area contributed by atoms with Crippen molar-refractivity contribution < 1.29 is 0 Å². The van der Waals surface area contributed by atoms with Gasteiger partial charge in [0.1, 0.15) is 0 Å². The number of H-pyrrole nitrogens is 1. The van der Waals surface area contributed by atoms with E-state index in [0.29, 0.717) is 6.54 Å². The minimum Gasteiger partial charge on any atom is -0.315 e. The molecule has 4 nitrogen and oxygen atoms in total. The van der Waals surface area contributed by atoms with E-state index in [1.165, 1.54) is 0 Å². The van der Waals surface area contributed by atoms with Gasteiger partial charge in [0, 0.05) is 16.7 Å². The van der Waals surface area contributed by atoms with Crippen LogP contribution in [0.1, 0.15) is 11.3 Å². The fourth-order valence-electron chi connectivity index (χ4n) is 1.77. The van der Waals surface area contributed by atoms with Crippen LogP contribution in [-0.2, 0) is 6.54 Å². The second-order valence-electron chi connectivity index (χ2n) is 3.84. The van der Waals surface area contributed by atoms with Crippen molar-refractivity contribution in [3.05, 3.63) is 50.3 Å². The minimum absolute atomic E-state index is 0.0104. The Morgan fingerprint density at radius 1 is 1.41 bits per heavy atom. The molecule has 0 saturated heterocycles. The van der Waals surface area contributed by atoms with Gasteiger partial charge < -0.3 is 5.32 Å². The Morgan fingerprint density at radius 2 is 2.12 bits per heavy atom. The van der Waals surface area contributed by atoms with Gasteiger partial charge in [0.05, 0.1) is 11.3 Å². The monoisotopic (exact) mass is 295 g/mol. The highest BCUT2D eigenvalue weighted by atomic mass is 79.9. The predicted molar refractivity (Wildman–Crippen MR) is 71.6 cm³/mol. The molecule has 0 aliphatic heterocycles. The average Bonchev–Trinajstić information content (AvgIpc) is 2.58. The Balaban J connectivity index is 2.58. The zero-order valence-electron chi connectivity index (χ0n) is 9.75. The van der Waals surface area contributed by atoms with Crippen LogP contribution in [0.3, 0.4) is 0 Å². The summed E-state index contributed by atoms with van der Waals surface area (Å²) in [7, 11) is 1.83. The highest BCUT2D eigenvalue weighted by Gasteiger charge is 2.12. The normalized spacial score (nSPS) is 10.8. The molecule has 0 aliphatic carbocycles. The van der Waals surface area contributed by atoms with Crippen molar-refractivity contribution in [2.24, 2.45) is 0 Å². The Bertz CT molecular complexity index is 586. The second kappa shape index (κ2) is 4.89. The summed E-state index contributed by atoms with van der Waals surface area (Å²) in [5, 5.41) is 6.09. The third kappa shape index (κ3) is 2.21. The van der Waals surface area contributed by atoms with Crippen LogP contribution in [0.2, 0.25) is 0 Å². The van der Waals surface area contributed by atoms with E-state index in [1.54, 1.807) is 4.68 Å². The molecule has 0 bridgehead atoms. The molecule has 1 aromatic heterocycles. The highest BCUT2D eigenvalue weighted by Crippen LogP contribution is 2.18. The van der Waals surface area contributed by atoms with Crippen molar-refractivity contribution >= 4 is 15.9 Å². The molecule has 0 unspecified atom stereocenters. The first-order valence-electron chi connectivity index (χ1n) is 5.35. The molecule has 0 amide bonds. The van der Waals surface area contributed by atoms with Crippen LogP contribution in [0.5, 0.6) is 0 Å². The van der Waals surface area contributed by atoms with Crippen LogP contribution in [0.4, 0.5) is 0 Å². The average molecular weight is 296 g/mol. The van der Waals surface area contributed by atoms with Crippen molar-refractivity contribution in [2.75, 3.05) is 7.05 Å². The molecule has 2 N–H and O–H groups in total. The number of para-hydroxylation sites is 1. The fraction of sp³-hybridized carbons (Fsp3) is 0.250. The molecule has 0 spiro atoms. The smallest absolute Gasteiger partial charge is 0.276 e. The summed E-state index contributed by atoms with van der Waals surface area (Å²) in [6.45, 7) is 2.47. The number of hydrogen-bond donors (Lipinski definition) is 2. The Labute approximate surface area is 108 Å². The van der Waals surface area contributed by atoms with Gasteiger partial charge in [-0.3, -0.25) is 9.89 Å². The van der Waals surface area contributed by atoms with Gasteiger partial charge in [-0.05, 0) is 42.0 Å². The molecule has 0 radical (unpaired) electrons. The van der Waals surface area contributed by atoms with E-state index in [-0.39, 0.29) is 5.56 Å². The predicted octanol–water partition coefficient (Wildman–Crippen LogP) is 1.96. The van der Waals surface area contributed by atoms with Gasteiger partial charge >= 0.3 is 0 Å². The molecule has 2 aromatic rings. The van der Waals surface area contributed by atoms with E-state index in [2.05, 4.69) is 26.3 Å². The van der Waals surface area contributed by atoms with E-state index in [1.807, 2.05) is 38.2 Å². The summed E-state index contributed by atoms with van der Waals surface area (Å²) in [6.07, 6.45) is 0.